The smallest absolute Gasteiger partial charge is 0.251 e. The minimum absolute atomic E-state index is 0.0923. The zero-order chi connectivity index (χ0) is 14.3. The van der Waals surface area contributed by atoms with Crippen LogP contribution in [-0.2, 0) is 4.74 Å². The van der Waals surface area contributed by atoms with Crippen LogP contribution in [0.25, 0.3) is 0 Å². The molecule has 0 saturated carbocycles. The number of anilines is 2. The molecule has 19 heavy (non-hydrogen) atoms. The summed E-state index contributed by atoms with van der Waals surface area (Å²) >= 11 is 0. The standard InChI is InChI=1S/C14H23N3O2/c1-4-11(9-19-3)17-13-8-10(6-7-12(13)15)14(18)16-5-2/h6-8,11,17H,4-5,9,15H2,1-3H3,(H,16,18). The third kappa shape index (κ3) is 4.44. The lowest BCUT2D eigenvalue weighted by atomic mass is 10.1. The molecule has 1 rings (SSSR count). The van der Waals surface area contributed by atoms with Gasteiger partial charge in [0, 0.05) is 25.3 Å². The number of nitrogen functional groups attached to an aromatic ring is 1. The zero-order valence-corrected chi connectivity index (χ0v) is 11.8. The molecule has 0 aromatic heterocycles. The molecule has 0 aliphatic carbocycles. The van der Waals surface area contributed by atoms with Gasteiger partial charge in [0.15, 0.2) is 0 Å². The number of benzene rings is 1. The third-order valence-electron chi connectivity index (χ3n) is 2.87. The van der Waals surface area contributed by atoms with Gasteiger partial charge in [-0.2, -0.15) is 0 Å². The summed E-state index contributed by atoms with van der Waals surface area (Å²) in [6, 6.07) is 5.42. The number of amides is 1. The van der Waals surface area contributed by atoms with Crippen molar-refractivity contribution in [1.29, 1.82) is 0 Å². The van der Waals surface area contributed by atoms with E-state index in [9.17, 15) is 4.79 Å². The Morgan fingerprint density at radius 1 is 1.42 bits per heavy atom. The van der Waals surface area contributed by atoms with Crippen LogP contribution in [0.15, 0.2) is 18.2 Å². The number of ether oxygens (including phenoxy) is 1. The first-order chi connectivity index (χ1) is 9.12. The van der Waals surface area contributed by atoms with Crippen molar-refractivity contribution in [2.75, 3.05) is 31.3 Å². The van der Waals surface area contributed by atoms with E-state index in [1.807, 2.05) is 6.92 Å². The highest BCUT2D eigenvalue weighted by Gasteiger charge is 2.11. The molecule has 1 aromatic carbocycles. The van der Waals surface area contributed by atoms with Gasteiger partial charge in [0.25, 0.3) is 5.91 Å². The minimum atomic E-state index is -0.0923. The maximum absolute atomic E-state index is 11.8. The first-order valence-corrected chi connectivity index (χ1v) is 6.55. The number of rotatable bonds is 7. The zero-order valence-electron chi connectivity index (χ0n) is 11.8. The average molecular weight is 265 g/mol. The van der Waals surface area contributed by atoms with Gasteiger partial charge in [0.1, 0.15) is 0 Å². The van der Waals surface area contributed by atoms with Crippen molar-refractivity contribution in [2.24, 2.45) is 0 Å². The molecule has 106 valence electrons. The van der Waals surface area contributed by atoms with Crippen molar-refractivity contribution in [3.8, 4) is 0 Å². The van der Waals surface area contributed by atoms with Crippen LogP contribution in [0.5, 0.6) is 0 Å². The average Bonchev–Trinajstić information content (AvgIpc) is 2.40. The van der Waals surface area contributed by atoms with Crippen molar-refractivity contribution < 1.29 is 9.53 Å². The fourth-order valence-corrected chi connectivity index (χ4v) is 1.77. The highest BCUT2D eigenvalue weighted by molar-refractivity contribution is 5.96. The number of hydrogen-bond donors (Lipinski definition) is 3. The molecule has 0 aliphatic rings. The number of carbonyl (C=O) groups is 1. The van der Waals surface area contributed by atoms with Gasteiger partial charge in [-0.15, -0.1) is 0 Å². The lowest BCUT2D eigenvalue weighted by molar-refractivity contribution is 0.0956. The van der Waals surface area contributed by atoms with Gasteiger partial charge in [-0.05, 0) is 31.5 Å². The van der Waals surface area contributed by atoms with E-state index < -0.39 is 0 Å². The summed E-state index contributed by atoms with van der Waals surface area (Å²) in [7, 11) is 1.67. The number of nitrogens with one attached hydrogen (secondary N) is 2. The second-order valence-corrected chi connectivity index (χ2v) is 4.37. The normalized spacial score (nSPS) is 11.9. The molecule has 1 unspecified atom stereocenters. The number of nitrogens with two attached hydrogens (primary N) is 1. The van der Waals surface area contributed by atoms with Crippen LogP contribution in [0.2, 0.25) is 0 Å². The molecule has 1 amide bonds. The molecule has 0 heterocycles. The SMILES string of the molecule is CCNC(=O)c1ccc(N)c(NC(CC)COC)c1. The number of methoxy groups -OCH3 is 1. The van der Waals surface area contributed by atoms with Gasteiger partial charge in [-0.3, -0.25) is 4.79 Å². The van der Waals surface area contributed by atoms with Crippen LogP contribution in [0.1, 0.15) is 30.6 Å². The Balaban J connectivity index is 2.87. The van der Waals surface area contributed by atoms with E-state index in [-0.39, 0.29) is 11.9 Å². The third-order valence-corrected chi connectivity index (χ3v) is 2.87. The summed E-state index contributed by atoms with van der Waals surface area (Å²) in [6.07, 6.45) is 0.915. The highest BCUT2D eigenvalue weighted by Crippen LogP contribution is 2.21. The van der Waals surface area contributed by atoms with Crippen molar-refractivity contribution in [3.63, 3.8) is 0 Å². The van der Waals surface area contributed by atoms with E-state index in [2.05, 4.69) is 17.6 Å². The predicted molar refractivity (Wildman–Crippen MR) is 78.4 cm³/mol. The monoisotopic (exact) mass is 265 g/mol. The second-order valence-electron chi connectivity index (χ2n) is 4.37. The van der Waals surface area contributed by atoms with E-state index in [0.29, 0.717) is 24.4 Å². The maximum atomic E-state index is 11.8. The number of hydrogen-bond acceptors (Lipinski definition) is 4. The van der Waals surface area contributed by atoms with Crippen molar-refractivity contribution >= 4 is 17.3 Å². The fourth-order valence-electron chi connectivity index (χ4n) is 1.77. The van der Waals surface area contributed by atoms with Gasteiger partial charge in [-0.1, -0.05) is 6.92 Å². The van der Waals surface area contributed by atoms with Crippen LogP contribution in [-0.4, -0.2) is 32.2 Å². The molecule has 0 saturated heterocycles. The molecule has 1 aromatic rings. The van der Waals surface area contributed by atoms with Crippen molar-refractivity contribution in [1.82, 2.24) is 5.32 Å². The second kappa shape index (κ2) is 7.63. The highest BCUT2D eigenvalue weighted by atomic mass is 16.5. The molecule has 1 atom stereocenters. The summed E-state index contributed by atoms with van der Waals surface area (Å²) in [5.41, 5.74) is 7.93. The van der Waals surface area contributed by atoms with Gasteiger partial charge in [0.05, 0.1) is 18.0 Å². The molecule has 0 aliphatic heterocycles. The van der Waals surface area contributed by atoms with E-state index in [4.69, 9.17) is 10.5 Å². The topological polar surface area (TPSA) is 76.4 Å². The molecule has 5 heteroatoms. The first kappa shape index (κ1) is 15.3. The largest absolute Gasteiger partial charge is 0.397 e. The Hall–Kier alpha value is -1.75. The summed E-state index contributed by atoms with van der Waals surface area (Å²) in [5.74, 6) is -0.0923. The molecular weight excluding hydrogens is 242 g/mol. The Labute approximate surface area is 114 Å². The van der Waals surface area contributed by atoms with Crippen LogP contribution in [0, 0.1) is 0 Å². The van der Waals surface area contributed by atoms with Gasteiger partial charge < -0.3 is 21.1 Å². The Morgan fingerprint density at radius 3 is 2.74 bits per heavy atom. The van der Waals surface area contributed by atoms with Gasteiger partial charge >= 0.3 is 0 Å². The molecule has 4 N–H and O–H groups in total. The minimum Gasteiger partial charge on any atom is -0.397 e. The first-order valence-electron chi connectivity index (χ1n) is 6.55. The summed E-state index contributed by atoms with van der Waals surface area (Å²) in [6.45, 7) is 5.16. The lowest BCUT2D eigenvalue weighted by Gasteiger charge is -2.19. The molecule has 0 spiro atoms. The van der Waals surface area contributed by atoms with Crippen LogP contribution in [0.3, 0.4) is 0 Å². The Bertz CT molecular complexity index is 421. The number of carbonyl (C=O) groups excluding carboxylic acids is 1. The van der Waals surface area contributed by atoms with Crippen LogP contribution < -0.4 is 16.4 Å². The van der Waals surface area contributed by atoms with E-state index in [1.54, 1.807) is 25.3 Å². The van der Waals surface area contributed by atoms with Crippen molar-refractivity contribution in [2.45, 2.75) is 26.3 Å². The quantitative estimate of drug-likeness (QED) is 0.658. The Morgan fingerprint density at radius 2 is 2.16 bits per heavy atom. The summed E-state index contributed by atoms with van der Waals surface area (Å²) in [4.78, 5) is 11.8. The Kier molecular flexibility index (Phi) is 6.15. The summed E-state index contributed by atoms with van der Waals surface area (Å²) in [5, 5.41) is 6.07. The van der Waals surface area contributed by atoms with E-state index in [0.717, 1.165) is 12.1 Å². The predicted octanol–water partition coefficient (Wildman–Crippen LogP) is 1.86. The lowest BCUT2D eigenvalue weighted by Crippen LogP contribution is -2.26. The van der Waals surface area contributed by atoms with Gasteiger partial charge in [0.2, 0.25) is 0 Å². The fraction of sp³-hybridized carbons (Fsp3) is 0.500. The summed E-state index contributed by atoms with van der Waals surface area (Å²) < 4.78 is 5.14. The molecule has 0 bridgehead atoms. The molecule has 0 radical (unpaired) electrons. The van der Waals surface area contributed by atoms with Crippen molar-refractivity contribution in [3.05, 3.63) is 23.8 Å². The van der Waals surface area contributed by atoms with E-state index in [1.165, 1.54) is 0 Å². The van der Waals surface area contributed by atoms with Gasteiger partial charge in [-0.25, -0.2) is 0 Å². The van der Waals surface area contributed by atoms with E-state index >= 15 is 0 Å². The molecule has 5 nitrogen and oxygen atoms in total. The van der Waals surface area contributed by atoms with Crippen LogP contribution >= 0.6 is 0 Å². The maximum Gasteiger partial charge on any atom is 0.251 e. The van der Waals surface area contributed by atoms with Crippen LogP contribution in [0.4, 0.5) is 11.4 Å². The molecule has 0 fully saturated rings. The molecular formula is C14H23N3O2.